The van der Waals surface area contributed by atoms with E-state index in [0.717, 1.165) is 22.0 Å². The molecule has 0 amide bonds. The maximum absolute atomic E-state index is 13.0. The zero-order valence-corrected chi connectivity index (χ0v) is 12.9. The summed E-state index contributed by atoms with van der Waals surface area (Å²) >= 11 is 0. The number of ether oxygens (including phenoxy) is 2. The highest BCUT2D eigenvalue weighted by Gasteiger charge is 2.08. The summed E-state index contributed by atoms with van der Waals surface area (Å²) in [5.41, 5.74) is 1.72. The first kappa shape index (κ1) is 15.0. The van der Waals surface area contributed by atoms with Crippen LogP contribution in [0.1, 0.15) is 11.3 Å². The number of rotatable bonds is 4. The van der Waals surface area contributed by atoms with E-state index in [1.165, 1.54) is 12.1 Å². The maximum Gasteiger partial charge on any atom is 0.161 e. The van der Waals surface area contributed by atoms with Crippen LogP contribution in [0.5, 0.6) is 11.5 Å². The minimum Gasteiger partial charge on any atom is -0.493 e. The predicted molar refractivity (Wildman–Crippen MR) is 90.2 cm³/mol. The van der Waals surface area contributed by atoms with Crippen molar-refractivity contribution >= 4 is 22.9 Å². The number of methoxy groups -OCH3 is 2. The molecule has 0 aliphatic heterocycles. The van der Waals surface area contributed by atoms with Crippen LogP contribution in [0.25, 0.3) is 22.9 Å². The summed E-state index contributed by atoms with van der Waals surface area (Å²) in [6, 6.07) is 12.1. The first-order valence-electron chi connectivity index (χ1n) is 7.15. The molecule has 0 saturated carbocycles. The van der Waals surface area contributed by atoms with Crippen molar-refractivity contribution in [3.05, 3.63) is 65.7 Å². The van der Waals surface area contributed by atoms with Gasteiger partial charge in [-0.05, 0) is 47.4 Å². The quantitative estimate of drug-likeness (QED) is 0.708. The Hall–Kier alpha value is -2.88. The Morgan fingerprint density at radius 1 is 0.913 bits per heavy atom. The average molecular weight is 309 g/mol. The van der Waals surface area contributed by atoms with Crippen molar-refractivity contribution in [2.24, 2.45) is 0 Å². The smallest absolute Gasteiger partial charge is 0.161 e. The third kappa shape index (κ3) is 3.16. The van der Waals surface area contributed by atoms with Gasteiger partial charge in [0.2, 0.25) is 0 Å². The van der Waals surface area contributed by atoms with E-state index in [4.69, 9.17) is 9.47 Å². The van der Waals surface area contributed by atoms with Crippen LogP contribution in [0.15, 0.2) is 48.7 Å². The third-order valence-electron chi connectivity index (χ3n) is 3.60. The summed E-state index contributed by atoms with van der Waals surface area (Å²) in [6.45, 7) is 0. The zero-order valence-electron chi connectivity index (χ0n) is 12.9. The Kier molecular flexibility index (Phi) is 4.24. The molecular weight excluding hydrogens is 293 g/mol. The van der Waals surface area contributed by atoms with E-state index in [-0.39, 0.29) is 5.82 Å². The molecule has 3 rings (SSSR count). The van der Waals surface area contributed by atoms with Crippen LogP contribution in [-0.4, -0.2) is 19.2 Å². The summed E-state index contributed by atoms with van der Waals surface area (Å²) in [5, 5.41) is 1.97. The highest BCUT2D eigenvalue weighted by atomic mass is 19.1. The molecular formula is C19H16FNO2. The number of aromatic nitrogens is 1. The Balaban J connectivity index is 2.05. The molecule has 3 aromatic rings. The van der Waals surface area contributed by atoms with Gasteiger partial charge in [0, 0.05) is 11.6 Å². The molecule has 0 saturated heterocycles. The summed E-state index contributed by atoms with van der Waals surface area (Å²) in [5.74, 6) is 1.09. The number of fused-ring (bicyclic) bond motifs is 1. The molecule has 2 aromatic carbocycles. The van der Waals surface area contributed by atoms with Crippen molar-refractivity contribution in [1.82, 2.24) is 4.98 Å². The lowest BCUT2D eigenvalue weighted by atomic mass is 10.1. The second-order valence-corrected chi connectivity index (χ2v) is 5.01. The number of hydrogen-bond acceptors (Lipinski definition) is 3. The van der Waals surface area contributed by atoms with Crippen molar-refractivity contribution in [2.45, 2.75) is 0 Å². The SMILES string of the molecule is COc1cc2ccnc(/C=C/c3ccc(F)cc3)c2cc1OC. The van der Waals surface area contributed by atoms with Crippen LogP contribution in [0.3, 0.4) is 0 Å². The van der Waals surface area contributed by atoms with Gasteiger partial charge in [0.15, 0.2) is 11.5 Å². The lowest BCUT2D eigenvalue weighted by molar-refractivity contribution is 0.356. The monoisotopic (exact) mass is 309 g/mol. The van der Waals surface area contributed by atoms with Gasteiger partial charge in [-0.1, -0.05) is 18.2 Å². The normalized spacial score (nSPS) is 11.1. The summed E-state index contributed by atoms with van der Waals surface area (Å²) in [4.78, 5) is 4.41. The molecule has 116 valence electrons. The van der Waals surface area contributed by atoms with Gasteiger partial charge in [-0.2, -0.15) is 0 Å². The van der Waals surface area contributed by atoms with Crippen LogP contribution < -0.4 is 9.47 Å². The van der Waals surface area contributed by atoms with E-state index in [1.54, 1.807) is 32.5 Å². The summed E-state index contributed by atoms with van der Waals surface area (Å²) in [6.07, 6.45) is 5.55. The number of nitrogens with zero attached hydrogens (tertiary/aromatic N) is 1. The van der Waals surface area contributed by atoms with Gasteiger partial charge in [-0.3, -0.25) is 4.98 Å². The van der Waals surface area contributed by atoms with E-state index >= 15 is 0 Å². The van der Waals surface area contributed by atoms with Gasteiger partial charge < -0.3 is 9.47 Å². The molecule has 3 nitrogen and oxygen atoms in total. The molecule has 1 heterocycles. The van der Waals surface area contributed by atoms with Gasteiger partial charge in [0.05, 0.1) is 19.9 Å². The van der Waals surface area contributed by atoms with Crippen molar-refractivity contribution < 1.29 is 13.9 Å². The number of pyridine rings is 1. The van der Waals surface area contributed by atoms with E-state index in [2.05, 4.69) is 4.98 Å². The average Bonchev–Trinajstić information content (AvgIpc) is 2.60. The molecule has 0 unspecified atom stereocenters. The Morgan fingerprint density at radius 3 is 2.30 bits per heavy atom. The molecule has 0 aliphatic carbocycles. The summed E-state index contributed by atoms with van der Waals surface area (Å²) in [7, 11) is 3.22. The molecule has 0 spiro atoms. The van der Waals surface area contributed by atoms with E-state index in [0.29, 0.717) is 11.5 Å². The molecule has 0 aliphatic rings. The van der Waals surface area contributed by atoms with Gasteiger partial charge in [0.1, 0.15) is 5.82 Å². The highest BCUT2D eigenvalue weighted by molar-refractivity contribution is 5.93. The highest BCUT2D eigenvalue weighted by Crippen LogP contribution is 2.33. The van der Waals surface area contributed by atoms with Gasteiger partial charge in [0.25, 0.3) is 0 Å². The van der Waals surface area contributed by atoms with Crippen molar-refractivity contribution in [1.29, 1.82) is 0 Å². The van der Waals surface area contributed by atoms with Crippen molar-refractivity contribution in [3.63, 3.8) is 0 Å². The second-order valence-electron chi connectivity index (χ2n) is 5.01. The lowest BCUT2D eigenvalue weighted by Gasteiger charge is -2.10. The molecule has 0 radical (unpaired) electrons. The van der Waals surface area contributed by atoms with Crippen LogP contribution in [0.4, 0.5) is 4.39 Å². The first-order valence-corrected chi connectivity index (χ1v) is 7.15. The van der Waals surface area contributed by atoms with Crippen LogP contribution in [-0.2, 0) is 0 Å². The van der Waals surface area contributed by atoms with Crippen molar-refractivity contribution in [2.75, 3.05) is 14.2 Å². The molecule has 0 atom stereocenters. The minimum absolute atomic E-state index is 0.248. The molecule has 0 fully saturated rings. The van der Waals surface area contributed by atoms with Crippen molar-refractivity contribution in [3.8, 4) is 11.5 Å². The van der Waals surface area contributed by atoms with E-state index in [1.807, 2.05) is 30.4 Å². The summed E-state index contributed by atoms with van der Waals surface area (Å²) < 4.78 is 23.6. The first-order chi connectivity index (χ1) is 11.2. The van der Waals surface area contributed by atoms with Crippen LogP contribution in [0, 0.1) is 5.82 Å². The van der Waals surface area contributed by atoms with Gasteiger partial charge in [-0.15, -0.1) is 0 Å². The minimum atomic E-state index is -0.248. The van der Waals surface area contributed by atoms with Gasteiger partial charge >= 0.3 is 0 Å². The third-order valence-corrected chi connectivity index (χ3v) is 3.60. The maximum atomic E-state index is 13.0. The number of halogens is 1. The van der Waals surface area contributed by atoms with E-state index in [9.17, 15) is 4.39 Å². The Labute approximate surface area is 134 Å². The molecule has 1 aromatic heterocycles. The van der Waals surface area contributed by atoms with Crippen LogP contribution >= 0.6 is 0 Å². The Bertz CT molecular complexity index is 857. The van der Waals surface area contributed by atoms with E-state index < -0.39 is 0 Å². The lowest BCUT2D eigenvalue weighted by Crippen LogP contribution is -1.92. The molecule has 0 N–H and O–H groups in total. The molecule has 23 heavy (non-hydrogen) atoms. The fourth-order valence-electron chi connectivity index (χ4n) is 2.40. The van der Waals surface area contributed by atoms with Crippen LogP contribution in [0.2, 0.25) is 0 Å². The molecule has 4 heteroatoms. The fourth-order valence-corrected chi connectivity index (χ4v) is 2.40. The second kappa shape index (κ2) is 6.48. The largest absolute Gasteiger partial charge is 0.493 e. The molecule has 0 bridgehead atoms. The topological polar surface area (TPSA) is 31.4 Å². The zero-order chi connectivity index (χ0) is 16.2. The predicted octanol–water partition coefficient (Wildman–Crippen LogP) is 4.56. The standard InChI is InChI=1S/C19H16FNO2/c1-22-18-11-14-9-10-21-17(16(14)12-19(18)23-2)8-5-13-3-6-15(20)7-4-13/h3-12H,1-2H3/b8-5+. The number of hydrogen-bond donors (Lipinski definition) is 0. The Morgan fingerprint density at radius 2 is 1.61 bits per heavy atom. The fraction of sp³-hybridized carbons (Fsp3) is 0.105. The number of benzene rings is 2. The van der Waals surface area contributed by atoms with Gasteiger partial charge in [-0.25, -0.2) is 4.39 Å².